The van der Waals surface area contributed by atoms with Gasteiger partial charge >= 0.3 is 0 Å². The molecule has 0 aliphatic heterocycles. The molecule has 1 aromatic rings. The summed E-state index contributed by atoms with van der Waals surface area (Å²) in [5.74, 6) is -0.128. The van der Waals surface area contributed by atoms with Crippen LogP contribution in [0.3, 0.4) is 0 Å². The minimum absolute atomic E-state index is 0.000716. The highest BCUT2D eigenvalue weighted by molar-refractivity contribution is 8.00. The van der Waals surface area contributed by atoms with Crippen LogP contribution in [0, 0.1) is 0 Å². The molecule has 20 heavy (non-hydrogen) atoms. The monoisotopic (exact) mass is 293 g/mol. The van der Waals surface area contributed by atoms with E-state index in [4.69, 9.17) is 10.9 Å². The Balaban J connectivity index is 2.02. The molecule has 0 atom stereocenters. The Hall–Kier alpha value is -1.69. The van der Waals surface area contributed by atoms with Crippen LogP contribution in [0.5, 0.6) is 0 Å². The summed E-state index contributed by atoms with van der Waals surface area (Å²) in [6, 6.07) is 6.75. The number of carbonyl (C=O) groups is 1. The molecule has 1 aliphatic carbocycles. The minimum Gasteiger partial charge on any atom is -0.409 e. The zero-order valence-electron chi connectivity index (χ0n) is 11.4. The summed E-state index contributed by atoms with van der Waals surface area (Å²) in [5.41, 5.74) is 6.57. The fourth-order valence-corrected chi connectivity index (χ4v) is 3.16. The molecule has 0 aromatic heterocycles. The zero-order chi connectivity index (χ0) is 14.6. The number of rotatable bonds is 5. The molecule has 5 nitrogen and oxygen atoms in total. The number of amides is 1. The largest absolute Gasteiger partial charge is 0.409 e. The van der Waals surface area contributed by atoms with E-state index in [0.717, 1.165) is 12.8 Å². The Morgan fingerprint density at radius 3 is 2.75 bits per heavy atom. The van der Waals surface area contributed by atoms with Crippen LogP contribution in [-0.2, 0) is 0 Å². The van der Waals surface area contributed by atoms with Crippen molar-refractivity contribution < 1.29 is 10.0 Å². The van der Waals surface area contributed by atoms with Crippen LogP contribution in [0.2, 0.25) is 0 Å². The highest BCUT2D eigenvalue weighted by Gasteiger charge is 2.36. The van der Waals surface area contributed by atoms with Gasteiger partial charge < -0.3 is 16.3 Å². The molecular weight excluding hydrogens is 274 g/mol. The molecule has 0 spiro atoms. The van der Waals surface area contributed by atoms with Crippen LogP contribution >= 0.6 is 11.8 Å². The van der Waals surface area contributed by atoms with Crippen molar-refractivity contribution in [2.45, 2.75) is 24.0 Å². The lowest BCUT2D eigenvalue weighted by Gasteiger charge is -2.40. The normalized spacial score (nSPS) is 17.4. The maximum Gasteiger partial charge on any atom is 0.251 e. The van der Waals surface area contributed by atoms with Gasteiger partial charge in [0.1, 0.15) is 0 Å². The number of hydrogen-bond donors (Lipinski definition) is 3. The second-order valence-electron chi connectivity index (χ2n) is 4.99. The van der Waals surface area contributed by atoms with Crippen LogP contribution < -0.4 is 11.1 Å². The van der Waals surface area contributed by atoms with E-state index in [2.05, 4.69) is 16.7 Å². The molecule has 1 aromatic carbocycles. The summed E-state index contributed by atoms with van der Waals surface area (Å²) in [6.45, 7) is 0.681. The molecule has 4 N–H and O–H groups in total. The summed E-state index contributed by atoms with van der Waals surface area (Å²) in [6.07, 6.45) is 5.62. The molecule has 0 heterocycles. The Labute approximate surface area is 122 Å². The SMILES string of the molecule is CSC1(CNC(=O)c2cccc(/C(N)=N/O)c2)CCC1. The fourth-order valence-electron chi connectivity index (χ4n) is 2.25. The van der Waals surface area contributed by atoms with E-state index in [0.29, 0.717) is 17.7 Å². The Morgan fingerprint density at radius 1 is 1.50 bits per heavy atom. The van der Waals surface area contributed by atoms with Gasteiger partial charge in [-0.15, -0.1) is 0 Å². The predicted molar refractivity (Wildman–Crippen MR) is 81.4 cm³/mol. The third-order valence-electron chi connectivity index (χ3n) is 3.80. The van der Waals surface area contributed by atoms with Crippen molar-refractivity contribution in [2.75, 3.05) is 12.8 Å². The molecule has 108 valence electrons. The second-order valence-corrected chi connectivity index (χ2v) is 6.26. The molecule has 1 fully saturated rings. The van der Waals surface area contributed by atoms with Crippen molar-refractivity contribution in [3.63, 3.8) is 0 Å². The quantitative estimate of drug-likeness (QED) is 0.334. The van der Waals surface area contributed by atoms with Gasteiger partial charge in [0, 0.05) is 22.4 Å². The lowest BCUT2D eigenvalue weighted by Crippen LogP contribution is -2.45. The Morgan fingerprint density at radius 2 is 2.20 bits per heavy atom. The number of hydrogen-bond acceptors (Lipinski definition) is 4. The molecule has 1 amide bonds. The topological polar surface area (TPSA) is 87.7 Å². The Kier molecular flexibility index (Phi) is 4.54. The first-order valence-corrected chi connectivity index (χ1v) is 7.74. The maximum absolute atomic E-state index is 12.1. The second kappa shape index (κ2) is 6.17. The van der Waals surface area contributed by atoms with Gasteiger partial charge in [-0.25, -0.2) is 0 Å². The first-order chi connectivity index (χ1) is 9.60. The number of benzene rings is 1. The van der Waals surface area contributed by atoms with Crippen molar-refractivity contribution in [3.05, 3.63) is 35.4 Å². The van der Waals surface area contributed by atoms with Crippen LogP contribution in [0.4, 0.5) is 0 Å². The summed E-state index contributed by atoms with van der Waals surface area (Å²) in [7, 11) is 0. The van der Waals surface area contributed by atoms with Crippen molar-refractivity contribution in [1.29, 1.82) is 0 Å². The number of oxime groups is 1. The van der Waals surface area contributed by atoms with E-state index >= 15 is 0 Å². The van der Waals surface area contributed by atoms with Crippen molar-refractivity contribution in [3.8, 4) is 0 Å². The summed E-state index contributed by atoms with van der Waals surface area (Å²) >= 11 is 1.82. The predicted octanol–water partition coefficient (Wildman–Crippen LogP) is 1.80. The van der Waals surface area contributed by atoms with Gasteiger partial charge in [0.05, 0.1) is 0 Å². The van der Waals surface area contributed by atoms with Gasteiger partial charge in [-0.1, -0.05) is 23.7 Å². The summed E-state index contributed by atoms with van der Waals surface area (Å²) < 4.78 is 0.207. The number of nitrogens with zero attached hydrogens (tertiary/aromatic N) is 1. The Bertz CT molecular complexity index is 521. The highest BCUT2D eigenvalue weighted by atomic mass is 32.2. The number of carbonyl (C=O) groups excluding carboxylic acids is 1. The molecule has 0 saturated heterocycles. The van der Waals surface area contributed by atoms with Crippen LogP contribution in [0.15, 0.2) is 29.4 Å². The highest BCUT2D eigenvalue weighted by Crippen LogP contribution is 2.42. The van der Waals surface area contributed by atoms with E-state index in [1.165, 1.54) is 6.42 Å². The first-order valence-electron chi connectivity index (χ1n) is 6.51. The third kappa shape index (κ3) is 3.07. The van der Waals surface area contributed by atoms with E-state index < -0.39 is 0 Å². The molecule has 1 saturated carbocycles. The van der Waals surface area contributed by atoms with Crippen LogP contribution in [-0.4, -0.2) is 34.5 Å². The lowest BCUT2D eigenvalue weighted by atomic mass is 9.84. The zero-order valence-corrected chi connectivity index (χ0v) is 12.2. The average molecular weight is 293 g/mol. The molecule has 0 radical (unpaired) electrons. The minimum atomic E-state index is -0.127. The van der Waals surface area contributed by atoms with E-state index in [1.54, 1.807) is 24.3 Å². The fraction of sp³-hybridized carbons (Fsp3) is 0.429. The summed E-state index contributed by atoms with van der Waals surface area (Å²) in [4.78, 5) is 12.1. The van der Waals surface area contributed by atoms with E-state index in [-0.39, 0.29) is 16.5 Å². The van der Waals surface area contributed by atoms with Crippen molar-refractivity contribution in [1.82, 2.24) is 5.32 Å². The number of amidine groups is 1. The van der Waals surface area contributed by atoms with Crippen LogP contribution in [0.25, 0.3) is 0 Å². The van der Waals surface area contributed by atoms with Gasteiger partial charge in [0.25, 0.3) is 5.91 Å². The van der Waals surface area contributed by atoms with Crippen molar-refractivity contribution in [2.24, 2.45) is 10.9 Å². The molecule has 2 rings (SSSR count). The van der Waals surface area contributed by atoms with Crippen LogP contribution in [0.1, 0.15) is 35.2 Å². The summed E-state index contributed by atoms with van der Waals surface area (Å²) in [5, 5.41) is 14.6. The smallest absolute Gasteiger partial charge is 0.251 e. The number of thioether (sulfide) groups is 1. The number of nitrogens with two attached hydrogens (primary N) is 1. The molecule has 6 heteroatoms. The standard InChI is InChI=1S/C14H19N3O2S/c1-20-14(6-3-7-14)9-16-13(18)11-5-2-4-10(8-11)12(15)17-19/h2,4-5,8,19H,3,6-7,9H2,1H3,(H2,15,17)(H,16,18). The lowest BCUT2D eigenvalue weighted by molar-refractivity contribution is 0.0944. The maximum atomic E-state index is 12.1. The van der Waals surface area contributed by atoms with E-state index in [1.807, 2.05) is 11.8 Å². The molecular formula is C14H19N3O2S. The van der Waals surface area contributed by atoms with Gasteiger partial charge in [0.2, 0.25) is 0 Å². The number of nitrogens with one attached hydrogen (secondary N) is 1. The van der Waals surface area contributed by atoms with Gasteiger partial charge in [-0.05, 0) is 31.2 Å². The average Bonchev–Trinajstić information content (AvgIpc) is 2.45. The van der Waals surface area contributed by atoms with E-state index in [9.17, 15) is 4.79 Å². The third-order valence-corrected chi connectivity index (χ3v) is 5.22. The van der Waals surface area contributed by atoms with Gasteiger partial charge in [-0.2, -0.15) is 11.8 Å². The molecule has 1 aliphatic rings. The molecule has 0 unspecified atom stereocenters. The van der Waals surface area contributed by atoms with Gasteiger partial charge in [0.15, 0.2) is 5.84 Å². The molecule has 0 bridgehead atoms. The van der Waals surface area contributed by atoms with Gasteiger partial charge in [-0.3, -0.25) is 4.79 Å². The first kappa shape index (κ1) is 14.7. The van der Waals surface area contributed by atoms with Crippen molar-refractivity contribution >= 4 is 23.5 Å².